The van der Waals surface area contributed by atoms with Crippen LogP contribution in [0.5, 0.6) is 0 Å². The van der Waals surface area contributed by atoms with Crippen LogP contribution in [-0.4, -0.2) is 24.0 Å². The van der Waals surface area contributed by atoms with Crippen molar-refractivity contribution in [3.8, 4) is 0 Å². The Balaban J connectivity index is 1.41. The minimum absolute atomic E-state index is 0.0542. The Morgan fingerprint density at radius 1 is 1.14 bits per heavy atom. The van der Waals surface area contributed by atoms with E-state index in [9.17, 15) is 4.79 Å². The largest absolute Gasteiger partial charge is 0.348 e. The number of amides is 1. The van der Waals surface area contributed by atoms with E-state index in [1.807, 2.05) is 25.1 Å². The standard InChI is InChI=1S/C22H24BrN3OS/c1-13-10-15(3)20-19(11-13)28-22(25-20)26-8-6-16(7-9-26)21(27)24-17-4-5-18(23)14(2)12-17/h4-5,10-12,16H,6-9H2,1-3H3,(H,24,27). The van der Waals surface area contributed by atoms with E-state index < -0.39 is 0 Å². The SMILES string of the molecule is Cc1cc(C)c2nc(N3CCC(C(=O)Nc4ccc(Br)c(C)c4)CC3)sc2c1. The molecule has 0 spiro atoms. The Morgan fingerprint density at radius 2 is 1.89 bits per heavy atom. The van der Waals surface area contributed by atoms with Crippen molar-refractivity contribution in [2.24, 2.45) is 5.92 Å². The van der Waals surface area contributed by atoms with Crippen molar-refractivity contribution < 1.29 is 4.79 Å². The molecule has 1 amide bonds. The number of aryl methyl sites for hydroxylation is 3. The number of nitrogens with zero attached hydrogens (tertiary/aromatic N) is 2. The average molecular weight is 458 g/mol. The minimum Gasteiger partial charge on any atom is -0.348 e. The summed E-state index contributed by atoms with van der Waals surface area (Å²) in [6, 6.07) is 10.3. The van der Waals surface area contributed by atoms with Gasteiger partial charge in [0, 0.05) is 29.2 Å². The van der Waals surface area contributed by atoms with Crippen LogP contribution in [0.2, 0.25) is 0 Å². The number of benzene rings is 2. The first-order valence-electron chi connectivity index (χ1n) is 9.60. The predicted octanol–water partition coefficient (Wildman–Crippen LogP) is 5.84. The number of anilines is 2. The van der Waals surface area contributed by atoms with Gasteiger partial charge in [0.15, 0.2) is 5.13 Å². The Hall–Kier alpha value is -1.92. The molecule has 3 aromatic rings. The number of rotatable bonds is 3. The van der Waals surface area contributed by atoms with Gasteiger partial charge in [-0.1, -0.05) is 33.3 Å². The van der Waals surface area contributed by atoms with Gasteiger partial charge in [0.2, 0.25) is 5.91 Å². The molecule has 4 nitrogen and oxygen atoms in total. The topological polar surface area (TPSA) is 45.2 Å². The maximum atomic E-state index is 12.7. The lowest BCUT2D eigenvalue weighted by Gasteiger charge is -2.31. The van der Waals surface area contributed by atoms with Crippen LogP contribution in [0.1, 0.15) is 29.5 Å². The van der Waals surface area contributed by atoms with Crippen molar-refractivity contribution in [1.29, 1.82) is 0 Å². The van der Waals surface area contributed by atoms with E-state index in [4.69, 9.17) is 4.98 Å². The fourth-order valence-corrected chi connectivity index (χ4v) is 5.23. The molecule has 0 radical (unpaired) electrons. The number of nitrogens with one attached hydrogen (secondary N) is 1. The Bertz CT molecular complexity index is 1040. The number of thiazole rings is 1. The van der Waals surface area contributed by atoms with Crippen LogP contribution in [0.15, 0.2) is 34.8 Å². The first-order valence-corrected chi connectivity index (χ1v) is 11.2. The zero-order chi connectivity index (χ0) is 19.8. The van der Waals surface area contributed by atoms with Crippen molar-refractivity contribution in [1.82, 2.24) is 4.98 Å². The first-order chi connectivity index (χ1) is 13.4. The van der Waals surface area contributed by atoms with Gasteiger partial charge in [-0.3, -0.25) is 4.79 Å². The van der Waals surface area contributed by atoms with E-state index in [-0.39, 0.29) is 11.8 Å². The zero-order valence-corrected chi connectivity index (χ0v) is 18.8. The Morgan fingerprint density at radius 3 is 2.61 bits per heavy atom. The molecule has 0 bridgehead atoms. The van der Waals surface area contributed by atoms with Gasteiger partial charge in [-0.15, -0.1) is 0 Å². The maximum absolute atomic E-state index is 12.7. The highest BCUT2D eigenvalue weighted by molar-refractivity contribution is 9.10. The summed E-state index contributed by atoms with van der Waals surface area (Å²) in [5.41, 5.74) is 5.60. The third-order valence-corrected chi connectivity index (χ3v) is 7.33. The molecule has 0 atom stereocenters. The van der Waals surface area contributed by atoms with Crippen LogP contribution in [0.3, 0.4) is 0 Å². The lowest BCUT2D eigenvalue weighted by atomic mass is 9.96. The first kappa shape index (κ1) is 19.4. The van der Waals surface area contributed by atoms with E-state index in [0.29, 0.717) is 0 Å². The number of piperidine rings is 1. The highest BCUT2D eigenvalue weighted by Crippen LogP contribution is 2.34. The summed E-state index contributed by atoms with van der Waals surface area (Å²) in [7, 11) is 0. The van der Waals surface area contributed by atoms with E-state index in [1.54, 1.807) is 11.3 Å². The third kappa shape index (κ3) is 3.94. The fourth-order valence-electron chi connectivity index (χ4n) is 3.79. The molecule has 146 valence electrons. The highest BCUT2D eigenvalue weighted by atomic mass is 79.9. The molecule has 2 heterocycles. The van der Waals surface area contributed by atoms with Crippen LogP contribution in [0, 0.1) is 26.7 Å². The van der Waals surface area contributed by atoms with Gasteiger partial charge in [-0.05, 0) is 74.6 Å². The number of carbonyl (C=O) groups is 1. The van der Waals surface area contributed by atoms with Crippen LogP contribution in [0.25, 0.3) is 10.2 Å². The molecule has 0 unspecified atom stereocenters. The van der Waals surface area contributed by atoms with Crippen molar-refractivity contribution in [3.63, 3.8) is 0 Å². The maximum Gasteiger partial charge on any atom is 0.227 e. The van der Waals surface area contributed by atoms with Gasteiger partial charge in [0.1, 0.15) is 0 Å². The van der Waals surface area contributed by atoms with E-state index in [1.165, 1.54) is 15.8 Å². The lowest BCUT2D eigenvalue weighted by Crippen LogP contribution is -2.38. The lowest BCUT2D eigenvalue weighted by molar-refractivity contribution is -0.120. The van der Waals surface area contributed by atoms with Crippen molar-refractivity contribution in [2.75, 3.05) is 23.3 Å². The molecule has 0 aliphatic carbocycles. The minimum atomic E-state index is 0.0542. The van der Waals surface area contributed by atoms with Gasteiger partial charge in [0.05, 0.1) is 10.2 Å². The molecule has 0 saturated carbocycles. The molecule has 1 N–H and O–H groups in total. The second-order valence-corrected chi connectivity index (χ2v) is 9.50. The van der Waals surface area contributed by atoms with E-state index >= 15 is 0 Å². The van der Waals surface area contributed by atoms with Gasteiger partial charge in [-0.25, -0.2) is 4.98 Å². The smallest absolute Gasteiger partial charge is 0.227 e. The number of carbonyl (C=O) groups excluding carboxylic acids is 1. The number of hydrogen-bond acceptors (Lipinski definition) is 4. The van der Waals surface area contributed by atoms with Gasteiger partial charge < -0.3 is 10.2 Å². The zero-order valence-electron chi connectivity index (χ0n) is 16.4. The summed E-state index contributed by atoms with van der Waals surface area (Å²) in [5, 5.41) is 4.15. The number of aromatic nitrogens is 1. The molecule has 6 heteroatoms. The van der Waals surface area contributed by atoms with Crippen molar-refractivity contribution in [2.45, 2.75) is 33.6 Å². The Kier molecular flexibility index (Phi) is 5.43. The summed E-state index contributed by atoms with van der Waals surface area (Å²) < 4.78 is 2.30. The number of hydrogen-bond donors (Lipinski definition) is 1. The highest BCUT2D eigenvalue weighted by Gasteiger charge is 2.26. The fraction of sp³-hybridized carbons (Fsp3) is 0.364. The van der Waals surface area contributed by atoms with Crippen LogP contribution >= 0.6 is 27.3 Å². The van der Waals surface area contributed by atoms with Crippen LogP contribution < -0.4 is 10.2 Å². The summed E-state index contributed by atoms with van der Waals surface area (Å²) in [6.07, 6.45) is 1.71. The molecule has 1 aliphatic rings. The molecule has 2 aromatic carbocycles. The second-order valence-electron chi connectivity index (χ2n) is 7.64. The van der Waals surface area contributed by atoms with Gasteiger partial charge in [-0.2, -0.15) is 0 Å². The normalized spacial score (nSPS) is 15.2. The second kappa shape index (κ2) is 7.84. The molecule has 1 aromatic heterocycles. The summed E-state index contributed by atoms with van der Waals surface area (Å²) >= 11 is 5.26. The quantitative estimate of drug-likeness (QED) is 0.537. The molecule has 1 aliphatic heterocycles. The summed E-state index contributed by atoms with van der Waals surface area (Å²) in [6.45, 7) is 8.02. The van der Waals surface area contributed by atoms with Gasteiger partial charge in [0.25, 0.3) is 0 Å². The van der Waals surface area contributed by atoms with Crippen LogP contribution in [0.4, 0.5) is 10.8 Å². The summed E-state index contributed by atoms with van der Waals surface area (Å²) in [5.74, 6) is 0.177. The van der Waals surface area contributed by atoms with E-state index in [0.717, 1.165) is 52.3 Å². The molecular weight excluding hydrogens is 434 g/mol. The van der Waals surface area contributed by atoms with Gasteiger partial charge >= 0.3 is 0 Å². The van der Waals surface area contributed by atoms with E-state index in [2.05, 4.69) is 52.1 Å². The molecule has 28 heavy (non-hydrogen) atoms. The average Bonchev–Trinajstić information content (AvgIpc) is 3.09. The monoisotopic (exact) mass is 457 g/mol. The molecule has 1 saturated heterocycles. The van der Waals surface area contributed by atoms with Crippen molar-refractivity contribution in [3.05, 3.63) is 51.5 Å². The predicted molar refractivity (Wildman–Crippen MR) is 122 cm³/mol. The summed E-state index contributed by atoms with van der Waals surface area (Å²) in [4.78, 5) is 19.9. The molecule has 1 fully saturated rings. The third-order valence-electron chi connectivity index (χ3n) is 5.38. The van der Waals surface area contributed by atoms with Crippen molar-refractivity contribution >= 4 is 54.2 Å². The van der Waals surface area contributed by atoms with Crippen LogP contribution in [-0.2, 0) is 4.79 Å². The Labute approximate surface area is 178 Å². The number of halogens is 1. The number of fused-ring (bicyclic) bond motifs is 1. The molecular formula is C22H24BrN3OS. The molecule has 4 rings (SSSR count).